The number of guanidine groups is 1. The quantitative estimate of drug-likeness (QED) is 0.0219. The van der Waals surface area contributed by atoms with E-state index >= 15 is 0 Å². The topological polar surface area (TPSA) is 404 Å². The molecule has 0 aromatic heterocycles. The summed E-state index contributed by atoms with van der Waals surface area (Å²) in [4.78, 5) is 145. The molecule has 28 nitrogen and oxygen atoms in total. The number of aromatic hydroxyl groups is 1. The van der Waals surface area contributed by atoms with Gasteiger partial charge in [-0.15, -0.1) is 0 Å². The SMILES string of the molecule is CN1C(=O)[C@@H](Cc2ccc(O)cc2)NC(=O)CNC(=O)[C@H](Cc2ccc3ccccc3c2)NC(=O)C(CCCN=C(N)N)NC(=O)[C@H]1CCCNC(=O)c1ccc(CNC(=O)CN2CCN(CC(=O)O)CCN(CC(=O)O)CCN(CC(=O)O)CC2)cc1. The number of nitrogens with two attached hydrogens (primary N) is 2. The fourth-order valence-electron chi connectivity index (χ4n) is 10.2. The van der Waals surface area contributed by atoms with Gasteiger partial charge < -0.3 is 68.7 Å². The highest BCUT2D eigenvalue weighted by Crippen LogP contribution is 2.19. The molecular weight excluding hydrogens is 1140 g/mol. The number of hydrogen-bond acceptors (Lipinski definition) is 16. The summed E-state index contributed by atoms with van der Waals surface area (Å²) in [5, 5.41) is 57.0. The molecule has 0 spiro atoms. The minimum atomic E-state index is -1.29. The first-order valence-electron chi connectivity index (χ1n) is 29.0. The van der Waals surface area contributed by atoms with Gasteiger partial charge in [0, 0.05) is 97.4 Å². The van der Waals surface area contributed by atoms with E-state index < -0.39 is 84.1 Å². The van der Waals surface area contributed by atoms with E-state index in [1.807, 2.05) is 42.5 Å². The third-order valence-electron chi connectivity index (χ3n) is 15.0. The van der Waals surface area contributed by atoms with Crippen LogP contribution in [0.3, 0.4) is 0 Å². The average Bonchev–Trinajstić information content (AvgIpc) is 3.71. The van der Waals surface area contributed by atoms with E-state index in [0.717, 1.165) is 10.8 Å². The molecule has 2 fully saturated rings. The molecule has 0 bridgehead atoms. The summed E-state index contributed by atoms with van der Waals surface area (Å²) in [6.45, 7) is 0.527. The van der Waals surface area contributed by atoms with Gasteiger partial charge in [-0.05, 0) is 77.4 Å². The summed E-state index contributed by atoms with van der Waals surface area (Å²) >= 11 is 0. The summed E-state index contributed by atoms with van der Waals surface area (Å²) in [5.41, 5.74) is 13.3. The molecule has 4 aromatic carbocycles. The Hall–Kier alpha value is -9.25. The number of aliphatic carboxylic acids is 3. The van der Waals surface area contributed by atoms with Crippen LogP contribution in [0.4, 0.5) is 0 Å². The van der Waals surface area contributed by atoms with Gasteiger partial charge in [0.2, 0.25) is 35.4 Å². The monoisotopic (exact) mass is 1220 g/mol. The molecule has 4 atom stereocenters. The van der Waals surface area contributed by atoms with Crippen LogP contribution in [0.15, 0.2) is 96.0 Å². The van der Waals surface area contributed by atoms with Crippen molar-refractivity contribution in [1.29, 1.82) is 0 Å². The number of phenols is 1. The normalized spacial score (nSPS) is 19.5. The molecule has 1 unspecified atom stereocenters. The summed E-state index contributed by atoms with van der Waals surface area (Å²) in [7, 11) is 1.38. The number of nitrogens with one attached hydrogen (secondary N) is 6. The Bertz CT molecular complexity index is 3080. The van der Waals surface area contributed by atoms with E-state index in [0.29, 0.717) is 16.7 Å². The smallest absolute Gasteiger partial charge is 0.317 e. The fraction of sp³-hybridized carbons (Fsp3) is 0.450. The van der Waals surface area contributed by atoms with Crippen LogP contribution in [0.1, 0.15) is 52.7 Å². The predicted molar refractivity (Wildman–Crippen MR) is 323 cm³/mol. The van der Waals surface area contributed by atoms with Crippen molar-refractivity contribution in [1.82, 2.24) is 56.4 Å². The molecular formula is C60H80N14O14. The van der Waals surface area contributed by atoms with Gasteiger partial charge in [-0.25, -0.2) is 0 Å². The number of rotatable bonds is 23. The van der Waals surface area contributed by atoms with Crippen molar-refractivity contribution in [3.8, 4) is 5.75 Å². The van der Waals surface area contributed by atoms with Gasteiger partial charge in [-0.3, -0.25) is 72.5 Å². The Balaban J connectivity index is 1.13. The van der Waals surface area contributed by atoms with E-state index in [4.69, 9.17) is 11.5 Å². The molecule has 474 valence electrons. The first-order chi connectivity index (χ1) is 42.1. The van der Waals surface area contributed by atoms with Crippen LogP contribution < -0.4 is 43.4 Å². The van der Waals surface area contributed by atoms with Crippen molar-refractivity contribution in [2.75, 3.05) is 105 Å². The highest BCUT2D eigenvalue weighted by molar-refractivity contribution is 5.98. The van der Waals surface area contributed by atoms with Crippen molar-refractivity contribution < 1.29 is 68.4 Å². The second-order valence-corrected chi connectivity index (χ2v) is 21.8. The van der Waals surface area contributed by atoms with Gasteiger partial charge in [0.05, 0.1) is 32.7 Å². The number of amides is 7. The molecule has 0 aliphatic carbocycles. The lowest BCUT2D eigenvalue weighted by Crippen LogP contribution is -2.58. The summed E-state index contributed by atoms with van der Waals surface area (Å²) < 4.78 is 0. The van der Waals surface area contributed by atoms with Crippen molar-refractivity contribution in [3.63, 3.8) is 0 Å². The van der Waals surface area contributed by atoms with Crippen LogP contribution in [0.25, 0.3) is 10.8 Å². The number of carboxylic acids is 3. The van der Waals surface area contributed by atoms with E-state index in [2.05, 4.69) is 36.9 Å². The van der Waals surface area contributed by atoms with Crippen LogP contribution in [0, 0.1) is 0 Å². The number of fused-ring (bicyclic) bond motifs is 1. The van der Waals surface area contributed by atoms with Gasteiger partial charge in [-0.2, -0.15) is 0 Å². The lowest BCUT2D eigenvalue weighted by Gasteiger charge is -2.32. The number of nitrogens with zero attached hydrogens (tertiary/aromatic N) is 6. The van der Waals surface area contributed by atoms with Crippen molar-refractivity contribution >= 4 is 76.0 Å². The lowest BCUT2D eigenvalue weighted by molar-refractivity contribution is -0.142. The Kier molecular flexibility index (Phi) is 26.4. The van der Waals surface area contributed by atoms with Gasteiger partial charge in [-0.1, -0.05) is 66.7 Å². The Morgan fingerprint density at radius 3 is 1.69 bits per heavy atom. The van der Waals surface area contributed by atoms with Crippen LogP contribution >= 0.6 is 0 Å². The largest absolute Gasteiger partial charge is 0.508 e. The fourth-order valence-corrected chi connectivity index (χ4v) is 10.2. The van der Waals surface area contributed by atoms with Gasteiger partial charge in [0.1, 0.15) is 29.9 Å². The molecule has 0 radical (unpaired) electrons. The Morgan fingerprint density at radius 2 is 1.11 bits per heavy atom. The predicted octanol–water partition coefficient (Wildman–Crippen LogP) is -1.90. The standard InChI is InChI=1S/C60H80N14O14/c1-70-49(9-5-20-63-55(84)43-16-10-40(11-17-43)33-65-51(77)35-71-22-24-72(36-52(78)79)26-28-74(38-54(82)83)29-27-73(25-23-71)37-53(80)81)58(87)68-46(8-4-21-64-60(61)62)57(86)69-47(32-41-12-15-42-6-2-3-7-44(42)30-41)56(85)66-34-50(76)67-48(59(70)88)31-39-13-18-45(75)19-14-39/h2-3,6-7,10-19,30,46-49,75H,4-5,8-9,20-29,31-38H2,1H3,(H,63,84)(H,65,77)(H,66,85)(H,67,76)(H,68,87)(H,69,86)(H,78,79)(H,80,81)(H,82,83)(H4,61,62,64)/t46?,47-,48+,49+/m0/s1. The number of carbonyl (C=O) groups excluding carboxylic acids is 7. The summed E-state index contributed by atoms with van der Waals surface area (Å²) in [6.07, 6.45) is 0.211. The number of carbonyl (C=O) groups is 10. The molecule has 4 aromatic rings. The number of benzene rings is 4. The first kappa shape index (κ1) is 67.9. The minimum absolute atomic E-state index is 0.000425. The maximum atomic E-state index is 14.7. The zero-order chi connectivity index (χ0) is 63.7. The molecule has 2 heterocycles. The number of aliphatic imine (C=N–C) groups is 1. The second-order valence-electron chi connectivity index (χ2n) is 21.8. The average molecular weight is 1220 g/mol. The zero-order valence-corrected chi connectivity index (χ0v) is 49.2. The number of likely N-dealkylation sites (N-methyl/N-ethyl adjacent to an activating group) is 1. The van der Waals surface area contributed by atoms with Gasteiger partial charge in [0.15, 0.2) is 5.96 Å². The third-order valence-corrected chi connectivity index (χ3v) is 15.0. The summed E-state index contributed by atoms with van der Waals surface area (Å²) in [6, 6.07) is 20.5. The maximum Gasteiger partial charge on any atom is 0.317 e. The minimum Gasteiger partial charge on any atom is -0.508 e. The zero-order valence-electron chi connectivity index (χ0n) is 49.2. The van der Waals surface area contributed by atoms with E-state index in [-0.39, 0.29) is 160 Å². The molecule has 7 amide bonds. The van der Waals surface area contributed by atoms with Crippen LogP contribution in [0.2, 0.25) is 0 Å². The van der Waals surface area contributed by atoms with Crippen molar-refractivity contribution in [2.45, 2.75) is 69.2 Å². The molecule has 2 saturated heterocycles. The summed E-state index contributed by atoms with van der Waals surface area (Å²) in [5.74, 6) is -7.87. The highest BCUT2D eigenvalue weighted by atomic mass is 16.4. The molecule has 6 rings (SSSR count). The van der Waals surface area contributed by atoms with Gasteiger partial charge >= 0.3 is 17.9 Å². The lowest BCUT2D eigenvalue weighted by atomic mass is 10.00. The van der Waals surface area contributed by atoms with Crippen LogP contribution in [0.5, 0.6) is 5.75 Å². The maximum absolute atomic E-state index is 14.7. The number of hydrogen-bond donors (Lipinski definition) is 12. The van der Waals surface area contributed by atoms with Gasteiger partial charge in [0.25, 0.3) is 5.91 Å². The molecule has 14 N–H and O–H groups in total. The second kappa shape index (κ2) is 34.2. The number of phenolic OH excluding ortho intramolecular Hbond substituents is 1. The van der Waals surface area contributed by atoms with E-state index in [9.17, 15) is 68.4 Å². The molecule has 0 saturated carbocycles. The molecule has 2 aliphatic heterocycles. The van der Waals surface area contributed by atoms with Crippen LogP contribution in [-0.4, -0.2) is 240 Å². The molecule has 28 heteroatoms. The highest BCUT2D eigenvalue weighted by Gasteiger charge is 2.36. The molecule has 88 heavy (non-hydrogen) atoms. The Morgan fingerprint density at radius 1 is 0.580 bits per heavy atom. The molecule has 2 aliphatic rings. The first-order valence-corrected chi connectivity index (χ1v) is 29.0. The van der Waals surface area contributed by atoms with E-state index in [1.165, 1.54) is 24.1 Å². The van der Waals surface area contributed by atoms with Crippen molar-refractivity contribution in [3.05, 3.63) is 113 Å². The third kappa shape index (κ3) is 22.9. The number of carboxylic acid groups (broad SMARTS) is 3. The Labute approximate surface area is 509 Å². The van der Waals surface area contributed by atoms with Crippen LogP contribution in [-0.2, 0) is 62.5 Å². The van der Waals surface area contributed by atoms with E-state index in [1.54, 1.807) is 56.0 Å². The van der Waals surface area contributed by atoms with Crippen molar-refractivity contribution in [2.24, 2.45) is 16.5 Å².